The minimum Gasteiger partial charge on any atom is -0.488 e. The summed E-state index contributed by atoms with van der Waals surface area (Å²) in [6, 6.07) is 20.2. The van der Waals surface area contributed by atoms with E-state index >= 15 is 0 Å². The van der Waals surface area contributed by atoms with Crippen LogP contribution in [0.15, 0.2) is 66.7 Å². The van der Waals surface area contributed by atoms with Crippen LogP contribution in [0.25, 0.3) is 16.6 Å². The van der Waals surface area contributed by atoms with Crippen molar-refractivity contribution in [2.24, 2.45) is 0 Å². The van der Waals surface area contributed by atoms with Crippen LogP contribution in [0.5, 0.6) is 5.75 Å². The van der Waals surface area contributed by atoms with Gasteiger partial charge in [-0.15, -0.1) is 0 Å². The number of ether oxygens (including phenoxy) is 1. The zero-order chi connectivity index (χ0) is 22.9. The molecule has 0 saturated carbocycles. The first-order valence-corrected chi connectivity index (χ1v) is 11.3. The quantitative estimate of drug-likeness (QED) is 0.403. The number of carboxylic acids is 1. The lowest BCUT2D eigenvalue weighted by Crippen LogP contribution is -2.06. The van der Waals surface area contributed by atoms with Crippen LogP contribution < -0.4 is 4.74 Å². The molecule has 5 nitrogen and oxygen atoms in total. The van der Waals surface area contributed by atoms with E-state index in [0.29, 0.717) is 24.5 Å². The number of fused-ring (bicyclic) bond motifs is 3. The fourth-order valence-electron chi connectivity index (χ4n) is 4.60. The van der Waals surface area contributed by atoms with Gasteiger partial charge in [-0.25, -0.2) is 9.78 Å². The number of hydrogen-bond donors (Lipinski definition) is 1. The Morgan fingerprint density at radius 3 is 2.79 bits per heavy atom. The van der Waals surface area contributed by atoms with Crippen LogP contribution in [0.3, 0.4) is 0 Å². The van der Waals surface area contributed by atoms with Gasteiger partial charge >= 0.3 is 5.97 Å². The third-order valence-corrected chi connectivity index (χ3v) is 6.17. The fourth-order valence-corrected chi connectivity index (χ4v) is 4.60. The van der Waals surface area contributed by atoms with Crippen molar-refractivity contribution in [3.8, 4) is 5.75 Å². The number of aliphatic carboxylic acids is 1. The Hall–Kier alpha value is -3.86. The molecule has 0 unspecified atom stereocenters. The van der Waals surface area contributed by atoms with Crippen molar-refractivity contribution in [1.29, 1.82) is 0 Å². The molecule has 0 saturated heterocycles. The SMILES string of the molecule is CCCc1nc2c(C)cccc2n1Cc1ccc2c(c1)OCc1ccccc1/C2=C\C(=O)O. The predicted molar refractivity (Wildman–Crippen MR) is 129 cm³/mol. The molecule has 0 spiro atoms. The third kappa shape index (κ3) is 3.91. The van der Waals surface area contributed by atoms with E-state index in [-0.39, 0.29) is 0 Å². The Morgan fingerprint density at radius 2 is 1.97 bits per heavy atom. The molecule has 1 aromatic heterocycles. The average molecular weight is 439 g/mol. The standard InChI is InChI=1S/C28H26N2O3/c1-3-7-26-29-28-18(2)8-6-11-24(28)30(26)16-19-12-13-22-23(15-27(31)32)21-10-5-4-9-20(21)17-33-25(22)14-19/h4-6,8-15H,3,7,16-17H2,1-2H3,(H,31,32)/b23-15+. The van der Waals surface area contributed by atoms with E-state index in [9.17, 15) is 9.90 Å². The van der Waals surface area contributed by atoms with Crippen LogP contribution in [0.1, 0.15) is 47.0 Å². The van der Waals surface area contributed by atoms with Crippen molar-refractivity contribution < 1.29 is 14.6 Å². The maximum atomic E-state index is 11.6. The zero-order valence-corrected chi connectivity index (χ0v) is 18.8. The average Bonchev–Trinajstić information content (AvgIpc) is 3.07. The molecule has 33 heavy (non-hydrogen) atoms. The molecule has 1 N–H and O–H groups in total. The van der Waals surface area contributed by atoms with E-state index in [1.165, 1.54) is 11.6 Å². The Labute approximate surface area is 193 Å². The summed E-state index contributed by atoms with van der Waals surface area (Å²) in [6.45, 7) is 5.34. The van der Waals surface area contributed by atoms with Gasteiger partial charge in [0.1, 0.15) is 18.2 Å². The molecule has 0 atom stereocenters. The highest BCUT2D eigenvalue weighted by Gasteiger charge is 2.21. The molecular formula is C28H26N2O3. The van der Waals surface area contributed by atoms with Crippen LogP contribution >= 0.6 is 0 Å². The molecule has 166 valence electrons. The molecular weight excluding hydrogens is 412 g/mol. The summed E-state index contributed by atoms with van der Waals surface area (Å²) in [5, 5.41) is 9.51. The van der Waals surface area contributed by atoms with Gasteiger partial charge in [0.15, 0.2) is 0 Å². The lowest BCUT2D eigenvalue weighted by Gasteiger charge is -2.14. The Balaban J connectivity index is 1.59. The summed E-state index contributed by atoms with van der Waals surface area (Å²) >= 11 is 0. The van der Waals surface area contributed by atoms with E-state index in [0.717, 1.165) is 52.0 Å². The molecule has 0 amide bonds. The van der Waals surface area contributed by atoms with Gasteiger partial charge in [0, 0.05) is 30.2 Å². The summed E-state index contributed by atoms with van der Waals surface area (Å²) < 4.78 is 8.46. The summed E-state index contributed by atoms with van der Waals surface area (Å²) in [4.78, 5) is 16.5. The second kappa shape index (κ2) is 8.58. The van der Waals surface area contributed by atoms with Crippen molar-refractivity contribution in [1.82, 2.24) is 9.55 Å². The minimum absolute atomic E-state index is 0.401. The predicted octanol–water partition coefficient (Wildman–Crippen LogP) is 5.75. The molecule has 0 radical (unpaired) electrons. The number of imidazole rings is 1. The molecule has 3 aromatic carbocycles. The monoisotopic (exact) mass is 438 g/mol. The van der Waals surface area contributed by atoms with Gasteiger partial charge < -0.3 is 14.4 Å². The summed E-state index contributed by atoms with van der Waals surface area (Å²) in [5.74, 6) is 0.812. The molecule has 1 aliphatic rings. The summed E-state index contributed by atoms with van der Waals surface area (Å²) in [5.41, 5.74) is 7.79. The van der Waals surface area contributed by atoms with E-state index in [2.05, 4.69) is 42.7 Å². The second-order valence-electron chi connectivity index (χ2n) is 8.48. The van der Waals surface area contributed by atoms with Crippen LogP contribution in [-0.2, 0) is 24.4 Å². The van der Waals surface area contributed by atoms with Gasteiger partial charge in [0.05, 0.1) is 11.0 Å². The van der Waals surface area contributed by atoms with Crippen LogP contribution in [0, 0.1) is 6.92 Å². The molecule has 0 aliphatic carbocycles. The first-order valence-electron chi connectivity index (χ1n) is 11.3. The van der Waals surface area contributed by atoms with Gasteiger partial charge in [0.2, 0.25) is 0 Å². The Kier molecular flexibility index (Phi) is 5.47. The smallest absolute Gasteiger partial charge is 0.328 e. The molecule has 5 rings (SSSR count). The topological polar surface area (TPSA) is 64.4 Å². The number of hydrogen-bond acceptors (Lipinski definition) is 3. The number of aromatic nitrogens is 2. The zero-order valence-electron chi connectivity index (χ0n) is 18.8. The molecule has 5 heteroatoms. The van der Waals surface area contributed by atoms with E-state index in [4.69, 9.17) is 9.72 Å². The first-order chi connectivity index (χ1) is 16.0. The second-order valence-corrected chi connectivity index (χ2v) is 8.48. The number of nitrogens with zero attached hydrogens (tertiary/aromatic N) is 2. The molecule has 0 bridgehead atoms. The molecule has 1 aliphatic heterocycles. The number of para-hydroxylation sites is 1. The van der Waals surface area contributed by atoms with Crippen molar-refractivity contribution in [2.75, 3.05) is 0 Å². The highest BCUT2D eigenvalue weighted by atomic mass is 16.5. The van der Waals surface area contributed by atoms with Gasteiger partial charge in [-0.1, -0.05) is 55.5 Å². The van der Waals surface area contributed by atoms with Gasteiger partial charge in [-0.2, -0.15) is 0 Å². The van der Waals surface area contributed by atoms with Crippen LogP contribution in [0.4, 0.5) is 0 Å². The van der Waals surface area contributed by atoms with E-state index in [1.54, 1.807) is 0 Å². The molecule has 2 heterocycles. The maximum Gasteiger partial charge on any atom is 0.328 e. The molecule has 4 aromatic rings. The number of benzene rings is 3. The third-order valence-electron chi connectivity index (χ3n) is 6.17. The lowest BCUT2D eigenvalue weighted by molar-refractivity contribution is -0.131. The number of rotatable bonds is 5. The number of carbonyl (C=O) groups is 1. The van der Waals surface area contributed by atoms with Crippen molar-refractivity contribution in [3.63, 3.8) is 0 Å². The van der Waals surface area contributed by atoms with Crippen LogP contribution in [0.2, 0.25) is 0 Å². The molecule has 0 fully saturated rings. The first kappa shape index (κ1) is 21.0. The van der Waals surface area contributed by atoms with Crippen molar-refractivity contribution in [3.05, 3.63) is 100 Å². The largest absolute Gasteiger partial charge is 0.488 e. The van der Waals surface area contributed by atoms with Gasteiger partial charge in [0.25, 0.3) is 0 Å². The van der Waals surface area contributed by atoms with Crippen molar-refractivity contribution >= 4 is 22.6 Å². The normalized spacial score (nSPS) is 13.9. The van der Waals surface area contributed by atoms with Gasteiger partial charge in [-0.3, -0.25) is 0 Å². The van der Waals surface area contributed by atoms with Crippen LogP contribution in [-0.4, -0.2) is 20.6 Å². The van der Waals surface area contributed by atoms with Gasteiger partial charge in [-0.05, 0) is 47.7 Å². The highest BCUT2D eigenvalue weighted by Crippen LogP contribution is 2.37. The number of carboxylic acid groups (broad SMARTS) is 1. The highest BCUT2D eigenvalue weighted by molar-refractivity contribution is 5.97. The minimum atomic E-state index is -0.971. The summed E-state index contributed by atoms with van der Waals surface area (Å²) in [7, 11) is 0. The Bertz CT molecular complexity index is 1400. The number of aryl methyl sites for hydroxylation is 2. The Morgan fingerprint density at radius 1 is 1.12 bits per heavy atom. The van der Waals surface area contributed by atoms with E-state index in [1.807, 2.05) is 36.4 Å². The maximum absolute atomic E-state index is 11.6. The summed E-state index contributed by atoms with van der Waals surface area (Å²) in [6.07, 6.45) is 3.21. The van der Waals surface area contributed by atoms with Crippen molar-refractivity contribution in [2.45, 2.75) is 39.8 Å². The fraction of sp³-hybridized carbons (Fsp3) is 0.214. The van der Waals surface area contributed by atoms with E-state index < -0.39 is 5.97 Å². The lowest BCUT2D eigenvalue weighted by atomic mass is 9.93.